The predicted molar refractivity (Wildman–Crippen MR) is 104 cm³/mol. The monoisotopic (exact) mass is 384 g/mol. The Hall–Kier alpha value is -3.03. The highest BCUT2D eigenvalue weighted by atomic mass is 16.6. The van der Waals surface area contributed by atoms with Gasteiger partial charge in [-0.15, -0.1) is 0 Å². The first-order chi connectivity index (χ1) is 13.5. The fourth-order valence-electron chi connectivity index (χ4n) is 2.58. The number of amides is 1. The maximum absolute atomic E-state index is 12.3. The highest BCUT2D eigenvalue weighted by Crippen LogP contribution is 2.19. The van der Waals surface area contributed by atoms with Gasteiger partial charge in [0.05, 0.1) is 12.2 Å². The van der Waals surface area contributed by atoms with Crippen LogP contribution in [0.25, 0.3) is 11.1 Å². The van der Waals surface area contributed by atoms with E-state index < -0.39 is 23.9 Å². The number of benzene rings is 2. The maximum Gasteiger partial charge on any atom is 0.345 e. The van der Waals surface area contributed by atoms with Crippen molar-refractivity contribution in [2.45, 2.75) is 18.9 Å². The van der Waals surface area contributed by atoms with E-state index in [4.69, 9.17) is 15.2 Å². The lowest BCUT2D eigenvalue weighted by atomic mass is 10.0. The summed E-state index contributed by atoms with van der Waals surface area (Å²) in [6.07, 6.45) is 0.137. The van der Waals surface area contributed by atoms with Crippen molar-refractivity contribution in [3.63, 3.8) is 0 Å². The molecule has 1 atom stereocenters. The normalized spacial score (nSPS) is 11.6. The lowest BCUT2D eigenvalue weighted by Crippen LogP contribution is -2.41. The van der Waals surface area contributed by atoms with E-state index in [-0.39, 0.29) is 18.4 Å². The number of carbonyl (C=O) groups excluding carboxylic acids is 3. The third-order valence-corrected chi connectivity index (χ3v) is 4.08. The molecule has 0 aliphatic heterocycles. The Labute approximate surface area is 163 Å². The first-order valence-electron chi connectivity index (χ1n) is 8.93. The van der Waals surface area contributed by atoms with Gasteiger partial charge in [-0.1, -0.05) is 42.5 Å². The second-order valence-electron chi connectivity index (χ2n) is 6.16. The number of primary amides is 1. The molecule has 0 spiro atoms. The number of carbonyl (C=O) groups is 3. The number of hydrogen-bond acceptors (Lipinski definition) is 6. The predicted octanol–water partition coefficient (Wildman–Crippen LogP) is 1.91. The minimum Gasteiger partial charge on any atom is -0.388 e. The zero-order valence-electron chi connectivity index (χ0n) is 15.7. The van der Waals surface area contributed by atoms with Crippen LogP contribution in [0, 0.1) is 0 Å². The molecule has 7 heteroatoms. The number of rotatable bonds is 10. The van der Waals surface area contributed by atoms with Crippen molar-refractivity contribution < 1.29 is 23.9 Å². The van der Waals surface area contributed by atoms with Gasteiger partial charge in [-0.05, 0) is 29.7 Å². The molecule has 0 saturated carbocycles. The average molecular weight is 384 g/mol. The van der Waals surface area contributed by atoms with Crippen molar-refractivity contribution in [2.75, 3.05) is 20.3 Å². The second kappa shape index (κ2) is 11.0. The molecule has 2 rings (SSSR count). The van der Waals surface area contributed by atoms with E-state index in [9.17, 15) is 14.4 Å². The fourth-order valence-corrected chi connectivity index (χ4v) is 2.58. The Morgan fingerprint density at radius 1 is 1.00 bits per heavy atom. The molecule has 0 aliphatic carbocycles. The van der Waals surface area contributed by atoms with Crippen LogP contribution in [0.5, 0.6) is 0 Å². The molecule has 2 aromatic carbocycles. The van der Waals surface area contributed by atoms with Gasteiger partial charge >= 0.3 is 11.9 Å². The summed E-state index contributed by atoms with van der Waals surface area (Å²) in [5.41, 5.74) is 7.37. The lowest BCUT2D eigenvalue weighted by Gasteiger charge is -2.16. The van der Waals surface area contributed by atoms with Crippen molar-refractivity contribution in [3.8, 4) is 11.1 Å². The van der Waals surface area contributed by atoms with Crippen molar-refractivity contribution in [2.24, 2.45) is 5.73 Å². The van der Waals surface area contributed by atoms with E-state index in [0.717, 1.165) is 11.1 Å². The van der Waals surface area contributed by atoms with Gasteiger partial charge in [0.1, 0.15) is 6.04 Å². The van der Waals surface area contributed by atoms with E-state index in [1.165, 1.54) is 7.11 Å². The van der Waals surface area contributed by atoms with Gasteiger partial charge in [0.15, 0.2) is 0 Å². The molecule has 0 aliphatic rings. The smallest absolute Gasteiger partial charge is 0.345 e. The largest absolute Gasteiger partial charge is 0.388 e. The summed E-state index contributed by atoms with van der Waals surface area (Å²) in [7, 11) is 1.53. The summed E-state index contributed by atoms with van der Waals surface area (Å²) in [5.74, 6) is -2.04. The van der Waals surface area contributed by atoms with E-state index in [2.05, 4.69) is 5.32 Å². The molecule has 0 saturated heterocycles. The minimum atomic E-state index is -0.824. The van der Waals surface area contributed by atoms with Crippen LogP contribution >= 0.6 is 0 Å². The Morgan fingerprint density at radius 2 is 1.64 bits per heavy atom. The first kappa shape index (κ1) is 21.3. The van der Waals surface area contributed by atoms with Crippen molar-refractivity contribution in [1.82, 2.24) is 5.32 Å². The molecule has 2 aromatic rings. The number of ether oxygens (including phenoxy) is 2. The fraction of sp³-hybridized carbons (Fsp3) is 0.286. The molecule has 0 unspecified atom stereocenters. The van der Waals surface area contributed by atoms with Crippen molar-refractivity contribution in [1.29, 1.82) is 0 Å². The summed E-state index contributed by atoms with van der Waals surface area (Å²) >= 11 is 0. The van der Waals surface area contributed by atoms with Gasteiger partial charge in [-0.25, -0.2) is 9.59 Å². The van der Waals surface area contributed by atoms with E-state index in [1.54, 1.807) is 24.3 Å². The van der Waals surface area contributed by atoms with Gasteiger partial charge in [0, 0.05) is 20.1 Å². The topological polar surface area (TPSA) is 108 Å². The molecule has 1 amide bonds. The summed E-state index contributed by atoms with van der Waals surface area (Å²) in [4.78, 5) is 35.6. The average Bonchev–Trinajstić information content (AvgIpc) is 2.71. The van der Waals surface area contributed by atoms with Crippen LogP contribution in [0.3, 0.4) is 0 Å². The number of methoxy groups -OCH3 is 1. The van der Waals surface area contributed by atoms with E-state index >= 15 is 0 Å². The quantitative estimate of drug-likeness (QED) is 0.368. The molecular formula is C21H24N2O5. The Kier molecular flexibility index (Phi) is 8.33. The summed E-state index contributed by atoms with van der Waals surface area (Å²) in [6.45, 7) is 0.740. The molecule has 0 fully saturated rings. The minimum absolute atomic E-state index is 0.000286. The third-order valence-electron chi connectivity index (χ3n) is 4.08. The Balaban J connectivity index is 1.99. The van der Waals surface area contributed by atoms with E-state index in [0.29, 0.717) is 13.2 Å². The van der Waals surface area contributed by atoms with Crippen LogP contribution < -0.4 is 11.1 Å². The number of hydrogen-bond donors (Lipinski definition) is 2. The van der Waals surface area contributed by atoms with Crippen molar-refractivity contribution in [3.05, 3.63) is 60.2 Å². The SMILES string of the molecule is COCCN[C@@H](CCC(N)=O)C(=O)OC(=O)c1ccc(-c2ccccc2)cc1. The van der Waals surface area contributed by atoms with Crippen LogP contribution in [0.4, 0.5) is 0 Å². The second-order valence-corrected chi connectivity index (χ2v) is 6.16. The van der Waals surface area contributed by atoms with Crippen LogP contribution in [-0.2, 0) is 19.1 Å². The number of nitrogens with two attached hydrogens (primary N) is 1. The summed E-state index contributed by atoms with van der Waals surface area (Å²) in [5, 5.41) is 2.90. The van der Waals surface area contributed by atoms with Gasteiger partial charge in [-0.3, -0.25) is 4.79 Å². The molecule has 0 bridgehead atoms. The number of esters is 2. The molecule has 148 valence electrons. The van der Waals surface area contributed by atoms with Crippen LogP contribution in [0.1, 0.15) is 23.2 Å². The van der Waals surface area contributed by atoms with Crippen molar-refractivity contribution >= 4 is 17.8 Å². The zero-order chi connectivity index (χ0) is 20.4. The maximum atomic E-state index is 12.3. The molecule has 3 N–H and O–H groups in total. The molecule has 0 radical (unpaired) electrons. The van der Waals surface area contributed by atoms with Gasteiger partial charge in [-0.2, -0.15) is 0 Å². The molecule has 28 heavy (non-hydrogen) atoms. The first-order valence-corrected chi connectivity index (χ1v) is 8.93. The summed E-state index contributed by atoms with van der Waals surface area (Å²) < 4.78 is 9.90. The molecule has 0 aromatic heterocycles. The summed E-state index contributed by atoms with van der Waals surface area (Å²) in [6, 6.07) is 15.7. The van der Waals surface area contributed by atoms with Crippen LogP contribution in [0.2, 0.25) is 0 Å². The lowest BCUT2D eigenvalue weighted by molar-refractivity contribution is -0.140. The Morgan fingerprint density at radius 3 is 2.25 bits per heavy atom. The van der Waals surface area contributed by atoms with E-state index in [1.807, 2.05) is 30.3 Å². The molecule has 0 heterocycles. The van der Waals surface area contributed by atoms with Crippen LogP contribution in [-0.4, -0.2) is 44.1 Å². The standard InChI is InChI=1S/C21H24N2O5/c1-27-14-13-23-18(11-12-19(22)24)21(26)28-20(25)17-9-7-16(8-10-17)15-5-3-2-4-6-15/h2-10,18,23H,11-14H2,1H3,(H2,22,24)/t18-/m0/s1. The Bertz CT molecular complexity index is 790. The highest BCUT2D eigenvalue weighted by Gasteiger charge is 2.23. The van der Waals surface area contributed by atoms with Gasteiger partial charge in [0.25, 0.3) is 0 Å². The number of nitrogens with one attached hydrogen (secondary N) is 1. The van der Waals surface area contributed by atoms with Gasteiger partial charge < -0.3 is 20.5 Å². The van der Waals surface area contributed by atoms with Crippen LogP contribution in [0.15, 0.2) is 54.6 Å². The third kappa shape index (κ3) is 6.61. The molecular weight excluding hydrogens is 360 g/mol. The molecule has 7 nitrogen and oxygen atoms in total. The zero-order valence-corrected chi connectivity index (χ0v) is 15.7. The highest BCUT2D eigenvalue weighted by molar-refractivity contribution is 5.98. The van der Waals surface area contributed by atoms with Gasteiger partial charge in [0.2, 0.25) is 5.91 Å².